The van der Waals surface area contributed by atoms with Crippen LogP contribution >= 0.6 is 0 Å². The van der Waals surface area contributed by atoms with Gasteiger partial charge in [0.2, 0.25) is 0 Å². The van der Waals surface area contributed by atoms with Crippen LogP contribution in [0.4, 0.5) is 5.69 Å². The average molecular weight is 387 g/mol. The number of carbonyl (C=O) groups is 2. The van der Waals surface area contributed by atoms with E-state index >= 15 is 0 Å². The van der Waals surface area contributed by atoms with Crippen LogP contribution in [0.5, 0.6) is 5.75 Å². The number of aromatic nitrogens is 2. The van der Waals surface area contributed by atoms with Crippen LogP contribution in [0.15, 0.2) is 78.8 Å². The van der Waals surface area contributed by atoms with Gasteiger partial charge in [-0.1, -0.05) is 6.07 Å². The van der Waals surface area contributed by atoms with Crippen molar-refractivity contribution >= 4 is 23.1 Å². The highest BCUT2D eigenvalue weighted by Gasteiger charge is 2.47. The van der Waals surface area contributed by atoms with Crippen LogP contribution in [0.1, 0.15) is 17.3 Å². The lowest BCUT2D eigenvalue weighted by molar-refractivity contribution is -0.132. The third-order valence-corrected chi connectivity index (χ3v) is 4.72. The molecule has 144 valence electrons. The Morgan fingerprint density at radius 1 is 1.00 bits per heavy atom. The number of Topliss-reactive ketones (excluding diaryl/α,β-unsaturated/α-hetero) is 1. The third kappa shape index (κ3) is 3.23. The number of hydrogen-bond donors (Lipinski definition) is 1. The number of pyridine rings is 2. The van der Waals surface area contributed by atoms with E-state index in [9.17, 15) is 14.7 Å². The second-order valence-electron chi connectivity index (χ2n) is 6.36. The van der Waals surface area contributed by atoms with E-state index in [4.69, 9.17) is 4.74 Å². The summed E-state index contributed by atoms with van der Waals surface area (Å²) >= 11 is 0. The Bertz CT molecular complexity index is 1080. The number of rotatable bonds is 4. The van der Waals surface area contributed by atoms with Crippen molar-refractivity contribution in [3.05, 3.63) is 90.0 Å². The van der Waals surface area contributed by atoms with Crippen LogP contribution in [0.25, 0.3) is 5.76 Å². The molecule has 3 heterocycles. The molecule has 0 saturated carbocycles. The van der Waals surface area contributed by atoms with Crippen molar-refractivity contribution in [2.75, 3.05) is 12.0 Å². The van der Waals surface area contributed by atoms with Crippen LogP contribution in [-0.4, -0.2) is 33.9 Å². The van der Waals surface area contributed by atoms with Gasteiger partial charge in [0.1, 0.15) is 17.6 Å². The molecule has 1 N–H and O–H groups in total. The molecule has 1 saturated heterocycles. The predicted octanol–water partition coefficient (Wildman–Crippen LogP) is 3.11. The fourth-order valence-electron chi connectivity index (χ4n) is 3.32. The molecular weight excluding hydrogens is 370 g/mol. The summed E-state index contributed by atoms with van der Waals surface area (Å²) < 4.78 is 5.17. The van der Waals surface area contributed by atoms with Crippen LogP contribution in [-0.2, 0) is 9.59 Å². The zero-order valence-electron chi connectivity index (χ0n) is 15.5. The predicted molar refractivity (Wildman–Crippen MR) is 106 cm³/mol. The second kappa shape index (κ2) is 7.55. The van der Waals surface area contributed by atoms with Crippen molar-refractivity contribution in [1.82, 2.24) is 9.97 Å². The molecule has 1 aliphatic heterocycles. The molecule has 0 bridgehead atoms. The molecule has 29 heavy (non-hydrogen) atoms. The number of amides is 1. The molecule has 1 fully saturated rings. The Labute approximate surface area is 166 Å². The van der Waals surface area contributed by atoms with E-state index in [1.54, 1.807) is 67.9 Å². The summed E-state index contributed by atoms with van der Waals surface area (Å²) in [5.41, 5.74) is 1.35. The highest BCUT2D eigenvalue weighted by molar-refractivity contribution is 6.51. The summed E-state index contributed by atoms with van der Waals surface area (Å²) in [4.78, 5) is 35.5. The molecule has 4 rings (SSSR count). The summed E-state index contributed by atoms with van der Waals surface area (Å²) in [6, 6.07) is 14.3. The summed E-state index contributed by atoms with van der Waals surface area (Å²) in [6.07, 6.45) is 4.59. The van der Waals surface area contributed by atoms with Gasteiger partial charge in [-0.3, -0.25) is 24.5 Å². The Balaban J connectivity index is 1.91. The first-order valence-corrected chi connectivity index (χ1v) is 8.88. The smallest absolute Gasteiger partial charge is 0.300 e. The molecule has 1 atom stereocenters. The highest BCUT2D eigenvalue weighted by atomic mass is 16.5. The molecule has 0 spiro atoms. The number of ether oxygens (including phenoxy) is 1. The quantitative estimate of drug-likeness (QED) is 0.420. The van der Waals surface area contributed by atoms with Gasteiger partial charge in [0.25, 0.3) is 11.7 Å². The first kappa shape index (κ1) is 18.4. The number of nitrogens with zero attached hydrogens (tertiary/aromatic N) is 3. The van der Waals surface area contributed by atoms with Crippen LogP contribution in [0.3, 0.4) is 0 Å². The van der Waals surface area contributed by atoms with E-state index < -0.39 is 17.7 Å². The van der Waals surface area contributed by atoms with Crippen molar-refractivity contribution in [1.29, 1.82) is 0 Å². The minimum absolute atomic E-state index is 0.0179. The van der Waals surface area contributed by atoms with E-state index in [1.807, 2.05) is 0 Å². The molecule has 1 amide bonds. The number of ketones is 1. The number of methoxy groups -OCH3 is 1. The van der Waals surface area contributed by atoms with Crippen molar-refractivity contribution in [3.8, 4) is 5.75 Å². The van der Waals surface area contributed by atoms with Gasteiger partial charge in [-0.05, 0) is 48.5 Å². The average Bonchev–Trinajstić information content (AvgIpc) is 3.05. The molecule has 0 radical (unpaired) electrons. The van der Waals surface area contributed by atoms with Gasteiger partial charge in [0.05, 0.1) is 18.4 Å². The van der Waals surface area contributed by atoms with E-state index in [-0.39, 0.29) is 11.3 Å². The lowest BCUT2D eigenvalue weighted by Gasteiger charge is -2.24. The normalized spacial score (nSPS) is 18.1. The van der Waals surface area contributed by atoms with Crippen LogP contribution in [0, 0.1) is 0 Å². The lowest BCUT2D eigenvalue weighted by atomic mass is 9.98. The lowest BCUT2D eigenvalue weighted by Crippen LogP contribution is -2.29. The molecule has 7 heteroatoms. The number of hydrogen-bond acceptors (Lipinski definition) is 6. The SMILES string of the molecule is COc1ccc(N2C(=O)C(=O)/C(=C(\O)c3ccncc3)C2c2ccccn2)cc1. The second-order valence-corrected chi connectivity index (χ2v) is 6.36. The van der Waals surface area contributed by atoms with Gasteiger partial charge in [-0.2, -0.15) is 0 Å². The fourth-order valence-corrected chi connectivity index (χ4v) is 3.32. The van der Waals surface area contributed by atoms with Crippen LogP contribution in [0.2, 0.25) is 0 Å². The minimum atomic E-state index is -0.863. The van der Waals surface area contributed by atoms with Crippen molar-refractivity contribution < 1.29 is 19.4 Å². The molecule has 3 aromatic rings. The van der Waals surface area contributed by atoms with Gasteiger partial charge < -0.3 is 9.84 Å². The Morgan fingerprint density at radius 2 is 1.72 bits per heavy atom. The number of aliphatic hydroxyl groups is 1. The highest BCUT2D eigenvalue weighted by Crippen LogP contribution is 2.41. The summed E-state index contributed by atoms with van der Waals surface area (Å²) in [7, 11) is 1.55. The van der Waals surface area contributed by atoms with Gasteiger partial charge in [-0.15, -0.1) is 0 Å². The van der Waals surface area contributed by atoms with E-state index in [1.165, 1.54) is 17.3 Å². The molecule has 7 nitrogen and oxygen atoms in total. The summed E-state index contributed by atoms with van der Waals surface area (Å²) in [6.45, 7) is 0. The van der Waals surface area contributed by atoms with Gasteiger partial charge >= 0.3 is 0 Å². The zero-order valence-corrected chi connectivity index (χ0v) is 15.5. The Morgan fingerprint density at radius 3 is 2.34 bits per heavy atom. The summed E-state index contributed by atoms with van der Waals surface area (Å²) in [5, 5.41) is 10.9. The molecule has 1 aliphatic rings. The minimum Gasteiger partial charge on any atom is -0.507 e. The molecular formula is C22H17N3O4. The number of anilines is 1. The largest absolute Gasteiger partial charge is 0.507 e. The zero-order chi connectivity index (χ0) is 20.4. The first-order valence-electron chi connectivity index (χ1n) is 8.88. The Kier molecular flexibility index (Phi) is 4.78. The van der Waals surface area contributed by atoms with Gasteiger partial charge in [-0.25, -0.2) is 0 Å². The van der Waals surface area contributed by atoms with Crippen molar-refractivity contribution in [2.45, 2.75) is 6.04 Å². The van der Waals surface area contributed by atoms with Crippen LogP contribution < -0.4 is 9.64 Å². The third-order valence-electron chi connectivity index (χ3n) is 4.72. The van der Waals surface area contributed by atoms with Gasteiger partial charge in [0, 0.05) is 29.8 Å². The van der Waals surface area contributed by atoms with E-state index in [2.05, 4.69) is 9.97 Å². The molecule has 1 aromatic carbocycles. The number of aliphatic hydroxyl groups excluding tert-OH is 1. The maximum atomic E-state index is 12.9. The van der Waals surface area contributed by atoms with E-state index in [0.29, 0.717) is 22.7 Å². The standard InChI is InChI=1S/C22H17N3O4/c1-29-16-7-5-15(6-8-16)25-19(17-4-2-3-11-24-17)18(21(27)22(25)28)20(26)14-9-12-23-13-10-14/h2-13,19,26H,1H3/b20-18-. The Hall–Kier alpha value is -4.00. The topological polar surface area (TPSA) is 92.6 Å². The van der Waals surface area contributed by atoms with Gasteiger partial charge in [0.15, 0.2) is 0 Å². The number of benzene rings is 1. The fraction of sp³-hybridized carbons (Fsp3) is 0.0909. The van der Waals surface area contributed by atoms with E-state index in [0.717, 1.165) is 0 Å². The molecule has 2 aromatic heterocycles. The number of carbonyl (C=O) groups excluding carboxylic acids is 2. The molecule has 1 unspecified atom stereocenters. The summed E-state index contributed by atoms with van der Waals surface area (Å²) in [5.74, 6) is -1.15. The maximum absolute atomic E-state index is 12.9. The monoisotopic (exact) mass is 387 g/mol. The van der Waals surface area contributed by atoms with Crippen molar-refractivity contribution in [2.24, 2.45) is 0 Å². The first-order chi connectivity index (χ1) is 14.1. The maximum Gasteiger partial charge on any atom is 0.300 e. The molecule has 0 aliphatic carbocycles. The van der Waals surface area contributed by atoms with Crippen molar-refractivity contribution in [3.63, 3.8) is 0 Å².